The van der Waals surface area contributed by atoms with Gasteiger partial charge in [-0.25, -0.2) is 13.6 Å². The highest BCUT2D eigenvalue weighted by molar-refractivity contribution is 6.04. The third-order valence-electron chi connectivity index (χ3n) is 4.42. The number of nitrogens with zero attached hydrogens (tertiary/aromatic N) is 1. The van der Waals surface area contributed by atoms with Gasteiger partial charge in [0.2, 0.25) is 5.88 Å². The van der Waals surface area contributed by atoms with Crippen LogP contribution in [0.25, 0.3) is 22.0 Å². The molecule has 3 aromatic carbocycles. The number of nitrogens with two attached hydrogens (primary N) is 1. The molecule has 0 radical (unpaired) electrons. The second kappa shape index (κ2) is 7.70. The standard InChI is InChI=1S/C21H16F2N4O3/c1-29-17-7-6-16(18-19(17)27-30-20(18)24)11-2-4-14(5-3-11)25-21(28)26-15-9-12(22)8-13(23)10-15/h2-10H,24H2,1H3,(H2,25,26,28). The molecule has 0 aliphatic carbocycles. The first kappa shape index (κ1) is 19.2. The summed E-state index contributed by atoms with van der Waals surface area (Å²) < 4.78 is 36.8. The van der Waals surface area contributed by atoms with Crippen LogP contribution in [0.15, 0.2) is 59.1 Å². The first-order valence-electron chi connectivity index (χ1n) is 8.81. The fourth-order valence-corrected chi connectivity index (χ4v) is 3.11. The van der Waals surface area contributed by atoms with Crippen LogP contribution in [0, 0.1) is 11.6 Å². The van der Waals surface area contributed by atoms with Gasteiger partial charge >= 0.3 is 6.03 Å². The van der Waals surface area contributed by atoms with E-state index in [0.717, 1.165) is 29.3 Å². The van der Waals surface area contributed by atoms with Crippen molar-refractivity contribution >= 4 is 34.2 Å². The zero-order valence-corrected chi connectivity index (χ0v) is 15.7. The zero-order valence-electron chi connectivity index (χ0n) is 15.7. The van der Waals surface area contributed by atoms with Crippen LogP contribution < -0.4 is 21.1 Å². The predicted molar refractivity (Wildman–Crippen MR) is 109 cm³/mol. The Morgan fingerprint density at radius 2 is 1.67 bits per heavy atom. The van der Waals surface area contributed by atoms with Gasteiger partial charge in [0.15, 0.2) is 5.52 Å². The number of nitrogen functional groups attached to an aromatic ring is 1. The zero-order chi connectivity index (χ0) is 21.3. The van der Waals surface area contributed by atoms with E-state index in [1.54, 1.807) is 30.3 Å². The number of halogens is 2. The van der Waals surface area contributed by atoms with E-state index in [9.17, 15) is 13.6 Å². The fourth-order valence-electron chi connectivity index (χ4n) is 3.11. The van der Waals surface area contributed by atoms with Gasteiger partial charge in [-0.05, 0) is 47.5 Å². The van der Waals surface area contributed by atoms with Gasteiger partial charge in [-0.3, -0.25) is 0 Å². The third-order valence-corrected chi connectivity index (χ3v) is 4.42. The van der Waals surface area contributed by atoms with E-state index in [4.69, 9.17) is 15.0 Å². The Hall–Kier alpha value is -4.14. The van der Waals surface area contributed by atoms with Crippen LogP contribution in [-0.2, 0) is 0 Å². The highest BCUT2D eigenvalue weighted by atomic mass is 19.1. The number of hydrogen-bond acceptors (Lipinski definition) is 5. The molecule has 0 fully saturated rings. The predicted octanol–water partition coefficient (Wildman–Crippen LogP) is 5.01. The van der Waals surface area contributed by atoms with Gasteiger partial charge in [-0.1, -0.05) is 17.3 Å². The number of urea groups is 1. The Labute approximate surface area is 169 Å². The molecule has 2 amide bonds. The summed E-state index contributed by atoms with van der Waals surface area (Å²) in [6, 6.07) is 12.6. The summed E-state index contributed by atoms with van der Waals surface area (Å²) in [5.41, 5.74) is 8.53. The fraction of sp³-hybridized carbons (Fsp3) is 0.0476. The van der Waals surface area contributed by atoms with Gasteiger partial charge in [0.05, 0.1) is 12.5 Å². The molecule has 4 aromatic rings. The molecule has 0 aliphatic rings. The number of hydrogen-bond donors (Lipinski definition) is 3. The summed E-state index contributed by atoms with van der Waals surface area (Å²) in [7, 11) is 1.53. The number of aromatic nitrogens is 1. The normalized spacial score (nSPS) is 10.8. The first-order chi connectivity index (χ1) is 14.4. The number of rotatable bonds is 4. The van der Waals surface area contributed by atoms with Crippen molar-refractivity contribution in [1.82, 2.24) is 5.16 Å². The highest BCUT2D eigenvalue weighted by Crippen LogP contribution is 2.37. The molecule has 0 spiro atoms. The summed E-state index contributed by atoms with van der Waals surface area (Å²) in [6.07, 6.45) is 0. The van der Waals surface area contributed by atoms with Crippen LogP contribution in [0.3, 0.4) is 0 Å². The maximum absolute atomic E-state index is 13.2. The first-order valence-corrected chi connectivity index (χ1v) is 8.81. The van der Waals surface area contributed by atoms with Crippen molar-refractivity contribution in [3.05, 3.63) is 66.2 Å². The van der Waals surface area contributed by atoms with E-state index in [0.29, 0.717) is 22.3 Å². The van der Waals surface area contributed by atoms with Crippen LogP contribution >= 0.6 is 0 Å². The van der Waals surface area contributed by atoms with E-state index < -0.39 is 17.7 Å². The van der Waals surface area contributed by atoms with Crippen molar-refractivity contribution in [1.29, 1.82) is 0 Å². The largest absolute Gasteiger partial charge is 0.494 e. The number of ether oxygens (including phenoxy) is 1. The molecule has 30 heavy (non-hydrogen) atoms. The van der Waals surface area contributed by atoms with Crippen LogP contribution in [-0.4, -0.2) is 18.3 Å². The number of amides is 2. The van der Waals surface area contributed by atoms with Gasteiger partial charge in [0, 0.05) is 17.4 Å². The van der Waals surface area contributed by atoms with E-state index in [-0.39, 0.29) is 11.6 Å². The molecule has 0 saturated carbocycles. The van der Waals surface area contributed by atoms with Gasteiger partial charge in [0.1, 0.15) is 17.4 Å². The molecular formula is C21H16F2N4O3. The number of anilines is 3. The molecular weight excluding hydrogens is 394 g/mol. The summed E-state index contributed by atoms with van der Waals surface area (Å²) in [6.45, 7) is 0. The van der Waals surface area contributed by atoms with Crippen molar-refractivity contribution in [2.45, 2.75) is 0 Å². The summed E-state index contributed by atoms with van der Waals surface area (Å²) >= 11 is 0. The molecule has 9 heteroatoms. The van der Waals surface area contributed by atoms with Gasteiger partial charge in [0.25, 0.3) is 0 Å². The Bertz CT molecular complexity index is 1220. The SMILES string of the molecule is COc1ccc(-c2ccc(NC(=O)Nc3cc(F)cc(F)c3)cc2)c2c(N)onc12. The van der Waals surface area contributed by atoms with Gasteiger partial charge in [-0.15, -0.1) is 0 Å². The Morgan fingerprint density at radius 3 is 2.33 bits per heavy atom. The molecule has 1 aromatic heterocycles. The Morgan fingerprint density at radius 1 is 1.00 bits per heavy atom. The molecule has 0 bridgehead atoms. The monoisotopic (exact) mass is 410 g/mol. The molecule has 0 unspecified atom stereocenters. The summed E-state index contributed by atoms with van der Waals surface area (Å²) in [5.74, 6) is -0.859. The summed E-state index contributed by atoms with van der Waals surface area (Å²) in [5, 5.41) is 9.54. The van der Waals surface area contributed by atoms with E-state index in [2.05, 4.69) is 15.8 Å². The molecule has 1 heterocycles. The molecule has 0 atom stereocenters. The average molecular weight is 410 g/mol. The minimum absolute atomic E-state index is 0.00479. The molecule has 4 rings (SSSR count). The van der Waals surface area contributed by atoms with Gasteiger partial charge in [-0.2, -0.15) is 0 Å². The average Bonchev–Trinajstić information content (AvgIpc) is 3.09. The van der Waals surface area contributed by atoms with Crippen LogP contribution in [0.1, 0.15) is 0 Å². The molecule has 4 N–H and O–H groups in total. The van der Waals surface area contributed by atoms with Crippen molar-refractivity contribution < 1.29 is 22.8 Å². The number of methoxy groups -OCH3 is 1. The number of nitrogens with one attached hydrogen (secondary N) is 2. The minimum atomic E-state index is -0.784. The van der Waals surface area contributed by atoms with E-state index in [1.165, 1.54) is 7.11 Å². The van der Waals surface area contributed by atoms with Crippen molar-refractivity contribution in [3.8, 4) is 16.9 Å². The Balaban J connectivity index is 1.54. The molecule has 152 valence electrons. The lowest BCUT2D eigenvalue weighted by molar-refractivity contribution is 0.262. The van der Waals surface area contributed by atoms with Crippen molar-refractivity contribution in [3.63, 3.8) is 0 Å². The minimum Gasteiger partial charge on any atom is -0.494 e. The quantitative estimate of drug-likeness (QED) is 0.439. The number of benzene rings is 3. The van der Waals surface area contributed by atoms with Gasteiger partial charge < -0.3 is 25.6 Å². The third kappa shape index (κ3) is 3.72. The number of fused-ring (bicyclic) bond motifs is 1. The maximum atomic E-state index is 13.2. The van der Waals surface area contributed by atoms with E-state index in [1.807, 2.05) is 6.07 Å². The molecule has 0 saturated heterocycles. The lowest BCUT2D eigenvalue weighted by Gasteiger charge is -2.10. The maximum Gasteiger partial charge on any atom is 0.323 e. The summed E-state index contributed by atoms with van der Waals surface area (Å²) in [4.78, 5) is 12.1. The van der Waals surface area contributed by atoms with E-state index >= 15 is 0 Å². The lowest BCUT2D eigenvalue weighted by atomic mass is 10.0. The second-order valence-electron chi connectivity index (χ2n) is 6.40. The number of carbonyl (C=O) groups excluding carboxylic acids is 1. The molecule has 7 nitrogen and oxygen atoms in total. The van der Waals surface area contributed by atoms with Crippen LogP contribution in [0.5, 0.6) is 5.75 Å². The number of carbonyl (C=O) groups is 1. The lowest BCUT2D eigenvalue weighted by Crippen LogP contribution is -2.19. The second-order valence-corrected chi connectivity index (χ2v) is 6.40. The van der Waals surface area contributed by atoms with Crippen LogP contribution in [0.4, 0.5) is 30.8 Å². The van der Waals surface area contributed by atoms with Crippen LogP contribution in [0.2, 0.25) is 0 Å². The topological polar surface area (TPSA) is 102 Å². The highest BCUT2D eigenvalue weighted by Gasteiger charge is 2.16. The molecule has 0 aliphatic heterocycles. The van der Waals surface area contributed by atoms with Crippen molar-refractivity contribution in [2.24, 2.45) is 0 Å². The Kier molecular flexibility index (Phi) is 4.93. The van der Waals surface area contributed by atoms with Crippen molar-refractivity contribution in [2.75, 3.05) is 23.5 Å². The smallest absolute Gasteiger partial charge is 0.323 e.